The number of aliphatic carboxylic acids is 1. The van der Waals surface area contributed by atoms with E-state index in [4.69, 9.17) is 5.11 Å². The molecule has 2 aromatic rings. The van der Waals surface area contributed by atoms with Crippen LogP contribution in [0.4, 0.5) is 10.3 Å². The number of aromatic nitrogens is 2. The second-order valence-electron chi connectivity index (χ2n) is 6.92. The highest BCUT2D eigenvalue weighted by atomic mass is 19.1. The van der Waals surface area contributed by atoms with E-state index in [9.17, 15) is 14.3 Å². The number of piperidine rings is 1. The minimum atomic E-state index is -0.734. The average molecular weight is 373 g/mol. The van der Waals surface area contributed by atoms with Crippen molar-refractivity contribution in [2.45, 2.75) is 38.7 Å². The molecule has 2 N–H and O–H groups in total. The number of aliphatic hydroxyl groups is 1. The molecule has 1 aliphatic rings. The third-order valence-corrected chi connectivity index (χ3v) is 5.10. The minimum absolute atomic E-state index is 0.235. The van der Waals surface area contributed by atoms with Gasteiger partial charge in [0, 0.05) is 48.6 Å². The molecule has 3 rings (SSSR count). The van der Waals surface area contributed by atoms with Gasteiger partial charge in [0.05, 0.1) is 6.61 Å². The lowest BCUT2D eigenvalue weighted by molar-refractivity contribution is -0.137. The first-order chi connectivity index (χ1) is 13.1. The Morgan fingerprint density at radius 2 is 1.93 bits per heavy atom. The van der Waals surface area contributed by atoms with Gasteiger partial charge in [-0.1, -0.05) is 18.2 Å². The van der Waals surface area contributed by atoms with Gasteiger partial charge in [-0.3, -0.25) is 4.79 Å². The number of carbonyl (C=O) groups is 1. The Labute approximate surface area is 157 Å². The lowest BCUT2D eigenvalue weighted by Gasteiger charge is -2.32. The quantitative estimate of drug-likeness (QED) is 0.775. The molecular weight excluding hydrogens is 349 g/mol. The van der Waals surface area contributed by atoms with Crippen LogP contribution >= 0.6 is 0 Å². The summed E-state index contributed by atoms with van der Waals surface area (Å²) in [7, 11) is 0. The first-order valence-corrected chi connectivity index (χ1v) is 9.26. The van der Waals surface area contributed by atoms with Crippen LogP contribution in [0.25, 0.3) is 11.1 Å². The van der Waals surface area contributed by atoms with Gasteiger partial charge in [0.1, 0.15) is 5.82 Å². The standard InChI is InChI=1S/C20H24FN3O3/c21-19-15(13-25)4-2-5-17(19)16-11-22-20(23-12-16)24-9-7-14(8-10-24)3-1-6-18(26)27/h2,4-5,11-12,14,25H,1,3,6-10,13H2,(H,26,27). The van der Waals surface area contributed by atoms with Crippen molar-refractivity contribution in [3.05, 3.63) is 42.0 Å². The molecule has 7 heteroatoms. The van der Waals surface area contributed by atoms with Crippen LogP contribution in [0.1, 0.15) is 37.7 Å². The number of benzene rings is 1. The lowest BCUT2D eigenvalue weighted by Crippen LogP contribution is -2.34. The predicted molar refractivity (Wildman–Crippen MR) is 99.8 cm³/mol. The number of nitrogens with zero attached hydrogens (tertiary/aromatic N) is 3. The van der Waals surface area contributed by atoms with E-state index in [-0.39, 0.29) is 18.6 Å². The zero-order valence-corrected chi connectivity index (χ0v) is 15.1. The number of carboxylic acids is 1. The molecule has 6 nitrogen and oxygen atoms in total. The van der Waals surface area contributed by atoms with E-state index in [0.29, 0.717) is 23.0 Å². The number of aliphatic hydroxyl groups excluding tert-OH is 1. The Morgan fingerprint density at radius 1 is 1.22 bits per heavy atom. The van der Waals surface area contributed by atoms with Crippen molar-refractivity contribution in [2.24, 2.45) is 5.92 Å². The number of halogens is 1. The van der Waals surface area contributed by atoms with Gasteiger partial charge in [-0.2, -0.15) is 0 Å². The molecule has 2 heterocycles. The summed E-state index contributed by atoms with van der Waals surface area (Å²) in [6.07, 6.45) is 7.13. The predicted octanol–water partition coefficient (Wildman–Crippen LogP) is 3.25. The molecule has 1 fully saturated rings. The summed E-state index contributed by atoms with van der Waals surface area (Å²) in [6.45, 7) is 1.33. The fraction of sp³-hybridized carbons (Fsp3) is 0.450. The topological polar surface area (TPSA) is 86.5 Å². The normalized spacial score (nSPS) is 15.1. The van der Waals surface area contributed by atoms with Gasteiger partial charge >= 0.3 is 5.97 Å². The van der Waals surface area contributed by atoms with Crippen LogP contribution in [0.3, 0.4) is 0 Å². The highest BCUT2D eigenvalue weighted by molar-refractivity contribution is 5.66. The molecule has 1 aromatic carbocycles. The van der Waals surface area contributed by atoms with Crippen LogP contribution < -0.4 is 4.90 Å². The van der Waals surface area contributed by atoms with Gasteiger partial charge < -0.3 is 15.1 Å². The molecule has 1 aliphatic heterocycles. The maximum absolute atomic E-state index is 14.3. The molecule has 0 spiro atoms. The summed E-state index contributed by atoms with van der Waals surface area (Å²) in [5.74, 6) is -0.00272. The van der Waals surface area contributed by atoms with Crippen molar-refractivity contribution >= 4 is 11.9 Å². The van der Waals surface area contributed by atoms with Crippen LogP contribution in [0.2, 0.25) is 0 Å². The third kappa shape index (κ3) is 4.80. The molecule has 0 unspecified atom stereocenters. The molecule has 0 radical (unpaired) electrons. The number of carboxylic acid groups (broad SMARTS) is 1. The van der Waals surface area contributed by atoms with Crippen molar-refractivity contribution in [2.75, 3.05) is 18.0 Å². The first kappa shape index (κ1) is 19.2. The molecule has 1 aromatic heterocycles. The fourth-order valence-corrected chi connectivity index (χ4v) is 3.51. The summed E-state index contributed by atoms with van der Waals surface area (Å²) in [5, 5.41) is 17.9. The molecule has 0 saturated carbocycles. The van der Waals surface area contributed by atoms with Crippen molar-refractivity contribution in [3.63, 3.8) is 0 Å². The zero-order chi connectivity index (χ0) is 19.2. The Bertz CT molecular complexity index is 775. The van der Waals surface area contributed by atoms with Gasteiger partial charge in [-0.05, 0) is 31.6 Å². The SMILES string of the molecule is O=C(O)CCCC1CCN(c2ncc(-c3cccc(CO)c3F)cn2)CC1. The van der Waals surface area contributed by atoms with Gasteiger partial charge in [-0.15, -0.1) is 0 Å². The second-order valence-corrected chi connectivity index (χ2v) is 6.92. The van der Waals surface area contributed by atoms with Gasteiger partial charge in [0.25, 0.3) is 0 Å². The Kier molecular flexibility index (Phi) is 6.34. The summed E-state index contributed by atoms with van der Waals surface area (Å²) >= 11 is 0. The van der Waals surface area contributed by atoms with E-state index < -0.39 is 11.8 Å². The summed E-state index contributed by atoms with van der Waals surface area (Å²) in [5.41, 5.74) is 1.21. The monoisotopic (exact) mass is 373 g/mol. The van der Waals surface area contributed by atoms with Crippen molar-refractivity contribution < 1.29 is 19.4 Å². The third-order valence-electron chi connectivity index (χ3n) is 5.10. The number of anilines is 1. The molecule has 144 valence electrons. The van der Waals surface area contributed by atoms with Crippen LogP contribution in [0.15, 0.2) is 30.6 Å². The van der Waals surface area contributed by atoms with E-state index in [2.05, 4.69) is 14.9 Å². The van der Waals surface area contributed by atoms with E-state index in [1.54, 1.807) is 30.6 Å². The number of hydrogen-bond donors (Lipinski definition) is 2. The van der Waals surface area contributed by atoms with Gasteiger partial charge in [-0.25, -0.2) is 14.4 Å². The maximum Gasteiger partial charge on any atom is 0.303 e. The fourth-order valence-electron chi connectivity index (χ4n) is 3.51. The number of rotatable bonds is 7. The molecule has 27 heavy (non-hydrogen) atoms. The molecule has 0 atom stereocenters. The molecular formula is C20H24FN3O3. The average Bonchev–Trinajstić information content (AvgIpc) is 2.69. The Balaban J connectivity index is 1.59. The zero-order valence-electron chi connectivity index (χ0n) is 15.1. The molecule has 0 bridgehead atoms. The largest absolute Gasteiger partial charge is 0.481 e. The van der Waals surface area contributed by atoms with Gasteiger partial charge in [0.15, 0.2) is 0 Å². The second kappa shape index (κ2) is 8.90. The van der Waals surface area contributed by atoms with E-state index in [1.807, 2.05) is 0 Å². The molecule has 1 saturated heterocycles. The van der Waals surface area contributed by atoms with E-state index >= 15 is 0 Å². The highest BCUT2D eigenvalue weighted by Gasteiger charge is 2.21. The smallest absolute Gasteiger partial charge is 0.303 e. The van der Waals surface area contributed by atoms with E-state index in [0.717, 1.165) is 38.8 Å². The van der Waals surface area contributed by atoms with E-state index in [1.165, 1.54) is 0 Å². The minimum Gasteiger partial charge on any atom is -0.481 e. The van der Waals surface area contributed by atoms with Crippen LogP contribution in [0, 0.1) is 11.7 Å². The number of hydrogen-bond acceptors (Lipinski definition) is 5. The lowest BCUT2D eigenvalue weighted by atomic mass is 9.92. The van der Waals surface area contributed by atoms with Crippen LogP contribution in [-0.2, 0) is 11.4 Å². The Hall–Kier alpha value is -2.54. The molecule has 0 amide bonds. The van der Waals surface area contributed by atoms with Crippen LogP contribution in [0.5, 0.6) is 0 Å². The summed E-state index contributed by atoms with van der Waals surface area (Å²) < 4.78 is 14.3. The van der Waals surface area contributed by atoms with Gasteiger partial charge in [0.2, 0.25) is 5.95 Å². The van der Waals surface area contributed by atoms with Crippen molar-refractivity contribution in [3.8, 4) is 11.1 Å². The summed E-state index contributed by atoms with van der Waals surface area (Å²) in [4.78, 5) is 21.5. The van der Waals surface area contributed by atoms with Crippen molar-refractivity contribution in [1.82, 2.24) is 9.97 Å². The maximum atomic E-state index is 14.3. The Morgan fingerprint density at radius 3 is 2.56 bits per heavy atom. The van der Waals surface area contributed by atoms with Crippen molar-refractivity contribution in [1.29, 1.82) is 0 Å². The summed E-state index contributed by atoms with van der Waals surface area (Å²) in [6, 6.07) is 4.90. The highest BCUT2D eigenvalue weighted by Crippen LogP contribution is 2.27. The molecule has 0 aliphatic carbocycles. The first-order valence-electron chi connectivity index (χ1n) is 9.26. The van der Waals surface area contributed by atoms with Crippen LogP contribution in [-0.4, -0.2) is 39.2 Å².